The topological polar surface area (TPSA) is 20.2 Å². The van der Waals surface area contributed by atoms with Crippen LogP contribution in [0.1, 0.15) is 45.4 Å². The Balaban J connectivity index is 1.82. The van der Waals surface area contributed by atoms with Crippen LogP contribution < -0.4 is 0 Å². The van der Waals surface area contributed by atoms with Gasteiger partial charge in [0.15, 0.2) is 0 Å². The number of aliphatic hydroxyl groups is 1. The van der Waals surface area contributed by atoms with Crippen LogP contribution in [0.5, 0.6) is 0 Å². The van der Waals surface area contributed by atoms with Crippen molar-refractivity contribution in [2.24, 2.45) is 11.8 Å². The largest absolute Gasteiger partial charge is 0.396 e. The highest BCUT2D eigenvalue weighted by molar-refractivity contribution is 4.84. The molecular weight excluding hydrogens is 136 g/mol. The average Bonchev–Trinajstić information content (AvgIpc) is 2.77. The van der Waals surface area contributed by atoms with Crippen molar-refractivity contribution in [3.8, 4) is 0 Å². The standard InChI is InChI=1S/C10H20O/c1-2-3-4-5-6-9-7-10(9)8-11/h9-11H,2-8H2,1H3/t9-,10-/m0/s1. The van der Waals surface area contributed by atoms with Crippen molar-refractivity contribution in [1.29, 1.82) is 0 Å². The van der Waals surface area contributed by atoms with Gasteiger partial charge >= 0.3 is 0 Å². The van der Waals surface area contributed by atoms with Crippen molar-refractivity contribution in [2.45, 2.75) is 45.4 Å². The van der Waals surface area contributed by atoms with E-state index in [1.807, 2.05) is 0 Å². The third kappa shape index (κ3) is 3.24. The number of unbranched alkanes of at least 4 members (excludes halogenated alkanes) is 3. The minimum atomic E-state index is 0.429. The molecule has 0 saturated heterocycles. The highest BCUT2D eigenvalue weighted by Crippen LogP contribution is 2.41. The van der Waals surface area contributed by atoms with E-state index < -0.39 is 0 Å². The molecule has 0 unspecified atom stereocenters. The Bertz CT molecular complexity index is 101. The number of hydrogen-bond donors (Lipinski definition) is 1. The fourth-order valence-corrected chi connectivity index (χ4v) is 1.72. The van der Waals surface area contributed by atoms with Gasteiger partial charge in [0, 0.05) is 6.61 Å². The molecule has 0 radical (unpaired) electrons. The Morgan fingerprint density at radius 3 is 2.55 bits per heavy atom. The predicted octanol–water partition coefficient (Wildman–Crippen LogP) is 2.59. The van der Waals surface area contributed by atoms with Gasteiger partial charge < -0.3 is 5.11 Å². The fraction of sp³-hybridized carbons (Fsp3) is 1.00. The van der Waals surface area contributed by atoms with Gasteiger partial charge in [-0.1, -0.05) is 39.0 Å². The Morgan fingerprint density at radius 1 is 1.18 bits per heavy atom. The van der Waals surface area contributed by atoms with E-state index in [4.69, 9.17) is 5.11 Å². The van der Waals surface area contributed by atoms with Crippen LogP contribution in [0.25, 0.3) is 0 Å². The molecule has 0 aromatic heterocycles. The molecule has 0 spiro atoms. The molecule has 1 heteroatoms. The van der Waals surface area contributed by atoms with E-state index in [1.54, 1.807) is 0 Å². The molecule has 66 valence electrons. The molecule has 2 atom stereocenters. The van der Waals surface area contributed by atoms with Crippen LogP contribution >= 0.6 is 0 Å². The molecule has 0 aromatic carbocycles. The maximum absolute atomic E-state index is 8.78. The van der Waals surface area contributed by atoms with Crippen LogP contribution in [-0.2, 0) is 0 Å². The minimum absolute atomic E-state index is 0.429. The highest BCUT2D eigenvalue weighted by Gasteiger charge is 2.34. The van der Waals surface area contributed by atoms with Gasteiger partial charge in [0.25, 0.3) is 0 Å². The molecule has 0 bridgehead atoms. The SMILES string of the molecule is CCCCCC[C@H]1C[C@H]1CO. The summed E-state index contributed by atoms with van der Waals surface area (Å²) < 4.78 is 0. The minimum Gasteiger partial charge on any atom is -0.396 e. The maximum Gasteiger partial charge on any atom is 0.0462 e. The Morgan fingerprint density at radius 2 is 2.00 bits per heavy atom. The molecule has 0 aromatic rings. The van der Waals surface area contributed by atoms with Crippen molar-refractivity contribution < 1.29 is 5.11 Å². The number of rotatable bonds is 6. The van der Waals surface area contributed by atoms with E-state index in [0.717, 1.165) is 5.92 Å². The van der Waals surface area contributed by atoms with Crippen molar-refractivity contribution in [1.82, 2.24) is 0 Å². The molecule has 0 aliphatic heterocycles. The Kier molecular flexibility index (Phi) is 3.92. The van der Waals surface area contributed by atoms with E-state index in [9.17, 15) is 0 Å². The summed E-state index contributed by atoms with van der Waals surface area (Å²) in [5.74, 6) is 1.56. The lowest BCUT2D eigenvalue weighted by Gasteiger charge is -1.97. The summed E-state index contributed by atoms with van der Waals surface area (Å²) >= 11 is 0. The van der Waals surface area contributed by atoms with Crippen molar-refractivity contribution in [3.63, 3.8) is 0 Å². The van der Waals surface area contributed by atoms with Crippen LogP contribution in [0, 0.1) is 11.8 Å². The third-order valence-corrected chi connectivity index (χ3v) is 2.73. The monoisotopic (exact) mass is 156 g/mol. The van der Waals surface area contributed by atoms with Gasteiger partial charge in [0.1, 0.15) is 0 Å². The van der Waals surface area contributed by atoms with E-state index >= 15 is 0 Å². The average molecular weight is 156 g/mol. The molecule has 1 fully saturated rings. The second-order valence-corrected chi connectivity index (χ2v) is 3.79. The summed E-state index contributed by atoms with van der Waals surface area (Å²) in [4.78, 5) is 0. The molecular formula is C10H20O. The zero-order valence-corrected chi connectivity index (χ0v) is 7.55. The first-order chi connectivity index (χ1) is 5.38. The molecule has 1 nitrogen and oxygen atoms in total. The molecule has 1 aliphatic rings. The van der Waals surface area contributed by atoms with Gasteiger partial charge in [-0.15, -0.1) is 0 Å². The van der Waals surface area contributed by atoms with Gasteiger partial charge in [-0.05, 0) is 18.3 Å². The maximum atomic E-state index is 8.78. The highest BCUT2D eigenvalue weighted by atomic mass is 16.3. The van der Waals surface area contributed by atoms with Crippen LogP contribution in [0.4, 0.5) is 0 Å². The van der Waals surface area contributed by atoms with Gasteiger partial charge in [-0.3, -0.25) is 0 Å². The molecule has 1 aliphatic carbocycles. The van der Waals surface area contributed by atoms with Gasteiger partial charge in [0.05, 0.1) is 0 Å². The quantitative estimate of drug-likeness (QED) is 0.586. The lowest BCUT2D eigenvalue weighted by atomic mass is 10.1. The molecule has 0 amide bonds. The number of hydrogen-bond acceptors (Lipinski definition) is 1. The smallest absolute Gasteiger partial charge is 0.0462 e. The summed E-state index contributed by atoms with van der Waals surface area (Å²) in [6.07, 6.45) is 8.15. The van der Waals surface area contributed by atoms with Gasteiger partial charge in [-0.25, -0.2) is 0 Å². The van der Waals surface area contributed by atoms with Gasteiger partial charge in [-0.2, -0.15) is 0 Å². The normalized spacial score (nSPS) is 28.9. The van der Waals surface area contributed by atoms with Crippen molar-refractivity contribution in [2.75, 3.05) is 6.61 Å². The Labute approximate surface area is 69.8 Å². The van der Waals surface area contributed by atoms with Crippen molar-refractivity contribution >= 4 is 0 Å². The molecule has 0 heterocycles. The second-order valence-electron chi connectivity index (χ2n) is 3.79. The summed E-state index contributed by atoms with van der Waals surface area (Å²) in [5, 5.41) is 8.78. The molecule has 1 rings (SSSR count). The lowest BCUT2D eigenvalue weighted by molar-refractivity contribution is 0.267. The van der Waals surface area contributed by atoms with Gasteiger partial charge in [0.2, 0.25) is 0 Å². The Hall–Kier alpha value is -0.0400. The van der Waals surface area contributed by atoms with E-state index in [1.165, 1.54) is 38.5 Å². The number of aliphatic hydroxyl groups excluding tert-OH is 1. The summed E-state index contributed by atoms with van der Waals surface area (Å²) in [6, 6.07) is 0. The van der Waals surface area contributed by atoms with Crippen LogP contribution in [0.15, 0.2) is 0 Å². The summed E-state index contributed by atoms with van der Waals surface area (Å²) in [7, 11) is 0. The first-order valence-corrected chi connectivity index (χ1v) is 4.99. The summed E-state index contributed by atoms with van der Waals surface area (Å²) in [5.41, 5.74) is 0. The first-order valence-electron chi connectivity index (χ1n) is 4.99. The predicted molar refractivity (Wildman–Crippen MR) is 47.4 cm³/mol. The molecule has 11 heavy (non-hydrogen) atoms. The van der Waals surface area contributed by atoms with Crippen LogP contribution in [0.2, 0.25) is 0 Å². The van der Waals surface area contributed by atoms with E-state index in [2.05, 4.69) is 6.92 Å². The third-order valence-electron chi connectivity index (χ3n) is 2.73. The molecule has 1 N–H and O–H groups in total. The second kappa shape index (κ2) is 4.76. The lowest BCUT2D eigenvalue weighted by Crippen LogP contribution is -1.88. The van der Waals surface area contributed by atoms with E-state index in [-0.39, 0.29) is 0 Å². The zero-order valence-electron chi connectivity index (χ0n) is 7.55. The summed E-state index contributed by atoms with van der Waals surface area (Å²) in [6.45, 7) is 2.67. The van der Waals surface area contributed by atoms with E-state index in [0.29, 0.717) is 12.5 Å². The zero-order chi connectivity index (χ0) is 8.10. The first kappa shape index (κ1) is 9.05. The molecule has 1 saturated carbocycles. The van der Waals surface area contributed by atoms with Crippen molar-refractivity contribution in [3.05, 3.63) is 0 Å². The fourth-order valence-electron chi connectivity index (χ4n) is 1.72. The van der Waals surface area contributed by atoms with Crippen LogP contribution in [-0.4, -0.2) is 11.7 Å². The van der Waals surface area contributed by atoms with Crippen LogP contribution in [0.3, 0.4) is 0 Å².